The molecule has 0 aromatic heterocycles. The summed E-state index contributed by atoms with van der Waals surface area (Å²) >= 11 is 12.2. The molecule has 3 aromatic carbocycles. The Bertz CT molecular complexity index is 924. The van der Waals surface area contributed by atoms with Gasteiger partial charge in [0.05, 0.1) is 5.56 Å². The molecule has 0 aliphatic heterocycles. The van der Waals surface area contributed by atoms with Gasteiger partial charge in [-0.15, -0.1) is 0 Å². The maximum absolute atomic E-state index is 10.9. The summed E-state index contributed by atoms with van der Waals surface area (Å²) in [6.07, 6.45) is 3.93. The number of rotatable bonds is 4. The molecule has 0 saturated heterocycles. The van der Waals surface area contributed by atoms with Crippen LogP contribution in [0, 0.1) is 0 Å². The highest BCUT2D eigenvalue weighted by molar-refractivity contribution is 6.35. The molecule has 3 aromatic rings. The second kappa shape index (κ2) is 7.56. The average molecular weight is 369 g/mol. The van der Waals surface area contributed by atoms with Crippen molar-refractivity contribution in [2.75, 3.05) is 0 Å². The number of hydrogen-bond donors (Lipinski definition) is 1. The van der Waals surface area contributed by atoms with Crippen LogP contribution < -0.4 is 0 Å². The largest absolute Gasteiger partial charge is 0.478 e. The van der Waals surface area contributed by atoms with Gasteiger partial charge in [-0.05, 0) is 52.6 Å². The summed E-state index contributed by atoms with van der Waals surface area (Å²) in [5, 5.41) is 10.1. The number of carboxylic acid groups (broad SMARTS) is 1. The highest BCUT2D eigenvalue weighted by Gasteiger charge is 2.05. The third-order valence-corrected chi connectivity index (χ3v) is 4.18. The van der Waals surface area contributed by atoms with Crippen LogP contribution in [-0.4, -0.2) is 11.1 Å². The van der Waals surface area contributed by atoms with Gasteiger partial charge in [0, 0.05) is 10.0 Å². The van der Waals surface area contributed by atoms with E-state index in [1.54, 1.807) is 30.3 Å². The molecule has 0 aliphatic rings. The van der Waals surface area contributed by atoms with Crippen molar-refractivity contribution in [1.29, 1.82) is 0 Å². The second-order valence-electron chi connectivity index (χ2n) is 5.51. The van der Waals surface area contributed by atoms with Crippen molar-refractivity contribution >= 4 is 41.3 Å². The van der Waals surface area contributed by atoms with Crippen LogP contribution in [-0.2, 0) is 0 Å². The van der Waals surface area contributed by atoms with E-state index in [0.29, 0.717) is 10.0 Å². The lowest BCUT2D eigenvalue weighted by Crippen LogP contribution is -1.94. The van der Waals surface area contributed by atoms with E-state index in [9.17, 15) is 4.79 Å². The Morgan fingerprint density at radius 2 is 1.48 bits per heavy atom. The van der Waals surface area contributed by atoms with Crippen molar-refractivity contribution in [2.45, 2.75) is 0 Å². The van der Waals surface area contributed by atoms with Crippen LogP contribution in [0.5, 0.6) is 0 Å². The average Bonchev–Trinajstić information content (AvgIpc) is 2.59. The highest BCUT2D eigenvalue weighted by atomic mass is 35.5. The molecular formula is C21H14Cl2O2. The molecule has 0 atom stereocenters. The van der Waals surface area contributed by atoms with Gasteiger partial charge in [-0.1, -0.05) is 71.8 Å². The smallest absolute Gasteiger partial charge is 0.335 e. The molecule has 0 saturated carbocycles. The summed E-state index contributed by atoms with van der Waals surface area (Å²) in [6, 6.07) is 20.1. The number of benzene rings is 3. The van der Waals surface area contributed by atoms with Crippen LogP contribution in [0.15, 0.2) is 66.7 Å². The molecule has 0 radical (unpaired) electrons. The summed E-state index contributed by atoms with van der Waals surface area (Å²) in [5.41, 5.74) is 4.17. The van der Waals surface area contributed by atoms with Gasteiger partial charge in [-0.3, -0.25) is 0 Å². The summed E-state index contributed by atoms with van der Waals surface area (Å²) in [6.45, 7) is 0. The summed E-state index contributed by atoms with van der Waals surface area (Å²) in [4.78, 5) is 10.9. The first kappa shape index (κ1) is 17.3. The van der Waals surface area contributed by atoms with Crippen LogP contribution in [0.4, 0.5) is 0 Å². The predicted molar refractivity (Wildman–Crippen MR) is 104 cm³/mol. The van der Waals surface area contributed by atoms with Crippen LogP contribution in [0.25, 0.3) is 23.3 Å². The summed E-state index contributed by atoms with van der Waals surface area (Å²) in [7, 11) is 0. The number of hydrogen-bond acceptors (Lipinski definition) is 1. The van der Waals surface area contributed by atoms with E-state index in [4.69, 9.17) is 28.3 Å². The minimum Gasteiger partial charge on any atom is -0.478 e. The molecule has 2 nitrogen and oxygen atoms in total. The van der Waals surface area contributed by atoms with Crippen molar-refractivity contribution < 1.29 is 9.90 Å². The molecule has 0 bridgehead atoms. The van der Waals surface area contributed by atoms with Gasteiger partial charge in [0.15, 0.2) is 0 Å². The fraction of sp³-hybridized carbons (Fsp3) is 0. The lowest BCUT2D eigenvalue weighted by atomic mass is 9.99. The van der Waals surface area contributed by atoms with Gasteiger partial charge in [0.1, 0.15) is 0 Å². The molecule has 25 heavy (non-hydrogen) atoms. The van der Waals surface area contributed by atoms with E-state index in [1.807, 2.05) is 48.6 Å². The quantitative estimate of drug-likeness (QED) is 0.531. The molecular weight excluding hydrogens is 355 g/mol. The minimum atomic E-state index is -0.932. The van der Waals surface area contributed by atoms with E-state index in [-0.39, 0.29) is 5.56 Å². The third kappa shape index (κ3) is 4.30. The Balaban J connectivity index is 1.94. The van der Waals surface area contributed by atoms with Crippen LogP contribution >= 0.6 is 23.2 Å². The van der Waals surface area contributed by atoms with Gasteiger partial charge in [0.25, 0.3) is 0 Å². The molecule has 0 amide bonds. The standard InChI is InChI=1S/C21H14Cl2O2/c22-18-11-17(12-19(23)13-18)20-4-2-1-3-15(20)8-5-14-6-9-16(10-7-14)21(24)25/h1-13H,(H,24,25). The maximum atomic E-state index is 10.9. The SMILES string of the molecule is O=C(O)c1ccc(C=Cc2ccccc2-c2cc(Cl)cc(Cl)c2)cc1. The Morgan fingerprint density at radius 1 is 0.840 bits per heavy atom. The van der Waals surface area contributed by atoms with Crippen molar-refractivity contribution in [1.82, 2.24) is 0 Å². The molecule has 0 heterocycles. The zero-order chi connectivity index (χ0) is 17.8. The van der Waals surface area contributed by atoms with Crippen LogP contribution in [0.1, 0.15) is 21.5 Å². The highest BCUT2D eigenvalue weighted by Crippen LogP contribution is 2.30. The Labute approximate surface area is 156 Å². The number of halogens is 2. The lowest BCUT2D eigenvalue weighted by Gasteiger charge is -2.08. The van der Waals surface area contributed by atoms with Crippen LogP contribution in [0.3, 0.4) is 0 Å². The van der Waals surface area contributed by atoms with Gasteiger partial charge in [-0.25, -0.2) is 4.79 Å². The molecule has 3 rings (SSSR count). The van der Waals surface area contributed by atoms with Crippen molar-refractivity contribution in [3.63, 3.8) is 0 Å². The first-order valence-corrected chi connectivity index (χ1v) is 8.35. The van der Waals surface area contributed by atoms with Gasteiger partial charge in [0.2, 0.25) is 0 Å². The van der Waals surface area contributed by atoms with E-state index in [0.717, 1.165) is 22.3 Å². The van der Waals surface area contributed by atoms with Crippen LogP contribution in [0.2, 0.25) is 10.0 Å². The van der Waals surface area contributed by atoms with Gasteiger partial charge in [-0.2, -0.15) is 0 Å². The first-order chi connectivity index (χ1) is 12.0. The lowest BCUT2D eigenvalue weighted by molar-refractivity contribution is 0.0697. The van der Waals surface area contributed by atoms with E-state index in [1.165, 1.54) is 0 Å². The maximum Gasteiger partial charge on any atom is 0.335 e. The summed E-state index contributed by atoms with van der Waals surface area (Å²) in [5.74, 6) is -0.932. The fourth-order valence-electron chi connectivity index (χ4n) is 2.54. The number of carboxylic acids is 1. The minimum absolute atomic E-state index is 0.270. The van der Waals surface area contributed by atoms with Gasteiger partial charge >= 0.3 is 5.97 Å². The molecule has 0 spiro atoms. The number of carbonyl (C=O) groups is 1. The molecule has 1 N–H and O–H groups in total. The van der Waals surface area contributed by atoms with E-state index >= 15 is 0 Å². The Kier molecular flexibility index (Phi) is 5.22. The van der Waals surface area contributed by atoms with Crippen molar-refractivity contribution in [2.24, 2.45) is 0 Å². The molecule has 124 valence electrons. The Morgan fingerprint density at radius 3 is 2.12 bits per heavy atom. The fourth-order valence-corrected chi connectivity index (χ4v) is 3.06. The third-order valence-electron chi connectivity index (χ3n) is 3.75. The van der Waals surface area contributed by atoms with Gasteiger partial charge < -0.3 is 5.11 Å². The normalized spacial score (nSPS) is 11.0. The first-order valence-electron chi connectivity index (χ1n) is 7.60. The summed E-state index contributed by atoms with van der Waals surface area (Å²) < 4.78 is 0. The predicted octanol–water partition coefficient (Wildman–Crippen LogP) is 6.53. The number of aromatic carboxylic acids is 1. The molecule has 4 heteroatoms. The molecule has 0 unspecified atom stereocenters. The van der Waals surface area contributed by atoms with E-state index < -0.39 is 5.97 Å². The zero-order valence-corrected chi connectivity index (χ0v) is 14.6. The zero-order valence-electron chi connectivity index (χ0n) is 13.1. The molecule has 0 fully saturated rings. The van der Waals surface area contributed by atoms with E-state index in [2.05, 4.69) is 0 Å². The molecule has 0 aliphatic carbocycles. The van der Waals surface area contributed by atoms with Crippen molar-refractivity contribution in [3.8, 4) is 11.1 Å². The Hall–Kier alpha value is -2.55. The second-order valence-corrected chi connectivity index (χ2v) is 6.38. The topological polar surface area (TPSA) is 37.3 Å². The van der Waals surface area contributed by atoms with Crippen molar-refractivity contribution in [3.05, 3.63) is 93.5 Å². The monoisotopic (exact) mass is 368 g/mol.